The third-order valence-corrected chi connectivity index (χ3v) is 5.96. The maximum Gasteiger partial charge on any atom is 0.238 e. The van der Waals surface area contributed by atoms with Crippen molar-refractivity contribution in [3.05, 3.63) is 65.7 Å². The summed E-state index contributed by atoms with van der Waals surface area (Å²) < 4.78 is 0. The second kappa shape index (κ2) is 7.70. The first-order valence-corrected chi connectivity index (χ1v) is 9.97. The number of anilines is 1. The molecule has 6 nitrogen and oxygen atoms in total. The third-order valence-electron chi connectivity index (χ3n) is 5.96. The van der Waals surface area contributed by atoms with Crippen LogP contribution < -0.4 is 10.2 Å². The van der Waals surface area contributed by atoms with Crippen molar-refractivity contribution in [2.24, 2.45) is 0 Å². The van der Waals surface area contributed by atoms with Crippen molar-refractivity contribution < 1.29 is 14.4 Å². The Balaban J connectivity index is 1.71. The van der Waals surface area contributed by atoms with Crippen molar-refractivity contribution in [3.63, 3.8) is 0 Å². The molecule has 2 heterocycles. The van der Waals surface area contributed by atoms with E-state index in [0.29, 0.717) is 32.5 Å². The highest BCUT2D eigenvalue weighted by Crippen LogP contribution is 2.45. The van der Waals surface area contributed by atoms with Gasteiger partial charge in [-0.3, -0.25) is 14.4 Å². The minimum absolute atomic E-state index is 0.0404. The van der Waals surface area contributed by atoms with E-state index in [1.165, 1.54) is 0 Å². The van der Waals surface area contributed by atoms with Crippen molar-refractivity contribution in [1.29, 1.82) is 0 Å². The summed E-state index contributed by atoms with van der Waals surface area (Å²) in [6.07, 6.45) is 0.850. The van der Waals surface area contributed by atoms with E-state index >= 15 is 0 Å². The molecule has 0 aromatic heterocycles. The fraction of sp³-hybridized carbons (Fsp3) is 0.348. The molecule has 0 radical (unpaired) electrons. The third kappa shape index (κ3) is 3.50. The van der Waals surface area contributed by atoms with Crippen LogP contribution in [-0.4, -0.2) is 49.3 Å². The van der Waals surface area contributed by atoms with Crippen LogP contribution in [0.1, 0.15) is 24.0 Å². The summed E-state index contributed by atoms with van der Waals surface area (Å²) in [6, 6.07) is 17.6. The fourth-order valence-electron chi connectivity index (χ4n) is 4.45. The van der Waals surface area contributed by atoms with Crippen LogP contribution in [0.3, 0.4) is 0 Å². The molecule has 150 valence electrons. The normalized spacial score (nSPS) is 21.6. The molecular formula is C23H25N3O3. The lowest BCUT2D eigenvalue weighted by molar-refractivity contribution is -0.136. The Hall–Kier alpha value is -3.15. The van der Waals surface area contributed by atoms with Gasteiger partial charge in [0.25, 0.3) is 0 Å². The topological polar surface area (TPSA) is 69.7 Å². The lowest BCUT2D eigenvalue weighted by Gasteiger charge is -2.31. The molecule has 6 heteroatoms. The van der Waals surface area contributed by atoms with Gasteiger partial charge in [-0.25, -0.2) is 0 Å². The standard InChI is InChI=1S/C23H25N3O3/c1-25-19-10-6-5-9-18(19)23(22(25)29,15-17-7-3-2-4-8-17)16-21(28)26-13-11-20(27)24-12-14-26/h2-10H,11-16H2,1H3,(H,24,27). The van der Waals surface area contributed by atoms with Gasteiger partial charge in [-0.2, -0.15) is 0 Å². The monoisotopic (exact) mass is 391 g/mol. The van der Waals surface area contributed by atoms with Gasteiger partial charge in [-0.15, -0.1) is 0 Å². The lowest BCUT2D eigenvalue weighted by Crippen LogP contribution is -2.46. The summed E-state index contributed by atoms with van der Waals surface area (Å²) in [5.41, 5.74) is 1.84. The zero-order chi connectivity index (χ0) is 20.4. The quantitative estimate of drug-likeness (QED) is 0.865. The van der Waals surface area contributed by atoms with Crippen LogP contribution >= 0.6 is 0 Å². The van der Waals surface area contributed by atoms with Crippen LogP contribution in [0.4, 0.5) is 5.69 Å². The maximum atomic E-state index is 13.5. The van der Waals surface area contributed by atoms with Crippen molar-refractivity contribution in [1.82, 2.24) is 10.2 Å². The Morgan fingerprint density at radius 2 is 1.76 bits per heavy atom. The smallest absolute Gasteiger partial charge is 0.238 e. The van der Waals surface area contributed by atoms with E-state index < -0.39 is 5.41 Å². The average molecular weight is 391 g/mol. The van der Waals surface area contributed by atoms with Gasteiger partial charge < -0.3 is 15.1 Å². The van der Waals surface area contributed by atoms with E-state index in [9.17, 15) is 14.4 Å². The highest BCUT2D eigenvalue weighted by Gasteiger charge is 2.51. The van der Waals surface area contributed by atoms with Crippen LogP contribution in [0.5, 0.6) is 0 Å². The van der Waals surface area contributed by atoms with Gasteiger partial charge in [-0.1, -0.05) is 48.5 Å². The first kappa shape index (κ1) is 19.2. The molecule has 4 rings (SSSR count). The predicted octanol–water partition coefficient (Wildman–Crippen LogP) is 1.88. The van der Waals surface area contributed by atoms with Gasteiger partial charge in [0.05, 0.1) is 5.41 Å². The van der Waals surface area contributed by atoms with Crippen molar-refractivity contribution in [2.45, 2.75) is 24.7 Å². The molecule has 1 atom stereocenters. The summed E-state index contributed by atoms with van der Waals surface area (Å²) in [4.78, 5) is 41.8. The highest BCUT2D eigenvalue weighted by atomic mass is 16.2. The zero-order valence-corrected chi connectivity index (χ0v) is 16.6. The van der Waals surface area contributed by atoms with Crippen molar-refractivity contribution in [3.8, 4) is 0 Å². The first-order chi connectivity index (χ1) is 14.0. The predicted molar refractivity (Wildman–Crippen MR) is 110 cm³/mol. The van der Waals surface area contributed by atoms with E-state index in [4.69, 9.17) is 0 Å². The van der Waals surface area contributed by atoms with E-state index in [1.54, 1.807) is 16.8 Å². The zero-order valence-electron chi connectivity index (χ0n) is 16.6. The van der Waals surface area contributed by atoms with Crippen LogP contribution in [-0.2, 0) is 26.2 Å². The molecular weight excluding hydrogens is 366 g/mol. The molecule has 2 aliphatic rings. The molecule has 1 fully saturated rings. The summed E-state index contributed by atoms with van der Waals surface area (Å²) in [7, 11) is 1.77. The minimum Gasteiger partial charge on any atom is -0.354 e. The van der Waals surface area contributed by atoms with Gasteiger partial charge in [0.15, 0.2) is 0 Å². The van der Waals surface area contributed by atoms with Gasteiger partial charge in [0.2, 0.25) is 17.7 Å². The average Bonchev–Trinajstić information content (AvgIpc) is 2.88. The first-order valence-electron chi connectivity index (χ1n) is 9.97. The molecule has 0 aliphatic carbocycles. The van der Waals surface area contributed by atoms with Gasteiger partial charge in [0.1, 0.15) is 0 Å². The molecule has 2 aromatic rings. The molecule has 0 spiro atoms. The Morgan fingerprint density at radius 1 is 1.03 bits per heavy atom. The molecule has 1 saturated heterocycles. The number of hydrogen-bond acceptors (Lipinski definition) is 3. The maximum absolute atomic E-state index is 13.5. The highest BCUT2D eigenvalue weighted by molar-refractivity contribution is 6.10. The second-order valence-corrected chi connectivity index (χ2v) is 7.78. The number of carbonyl (C=O) groups is 3. The molecule has 1 unspecified atom stereocenters. The van der Waals surface area contributed by atoms with Gasteiger partial charge in [0, 0.05) is 45.2 Å². The minimum atomic E-state index is -0.937. The number of benzene rings is 2. The number of amides is 3. The van der Waals surface area contributed by atoms with E-state index in [2.05, 4.69) is 5.32 Å². The summed E-state index contributed by atoms with van der Waals surface area (Å²) in [6.45, 7) is 1.30. The summed E-state index contributed by atoms with van der Waals surface area (Å²) >= 11 is 0. The number of hydrogen-bond donors (Lipinski definition) is 1. The molecule has 2 aromatic carbocycles. The second-order valence-electron chi connectivity index (χ2n) is 7.78. The molecule has 1 N–H and O–H groups in total. The molecule has 2 aliphatic heterocycles. The largest absolute Gasteiger partial charge is 0.354 e. The Labute approximate surface area is 170 Å². The number of nitrogens with one attached hydrogen (secondary N) is 1. The van der Waals surface area contributed by atoms with E-state index in [0.717, 1.165) is 16.8 Å². The Kier molecular flexibility index (Phi) is 5.09. The number of nitrogens with zero attached hydrogens (tertiary/aromatic N) is 2. The summed E-state index contributed by atoms with van der Waals surface area (Å²) in [5, 5.41) is 2.80. The van der Waals surface area contributed by atoms with E-state index in [-0.39, 0.29) is 24.1 Å². The Bertz CT molecular complexity index is 943. The summed E-state index contributed by atoms with van der Waals surface area (Å²) in [5.74, 6) is -0.183. The van der Waals surface area contributed by atoms with Crippen LogP contribution in [0.15, 0.2) is 54.6 Å². The number of para-hydroxylation sites is 1. The number of likely N-dealkylation sites (N-methyl/N-ethyl adjacent to an activating group) is 1. The van der Waals surface area contributed by atoms with Crippen molar-refractivity contribution >= 4 is 23.4 Å². The molecule has 3 amide bonds. The van der Waals surface area contributed by atoms with Crippen LogP contribution in [0, 0.1) is 0 Å². The SMILES string of the molecule is CN1C(=O)C(CC(=O)N2CCNC(=O)CC2)(Cc2ccccc2)c2ccccc21. The van der Waals surface area contributed by atoms with Crippen LogP contribution in [0.2, 0.25) is 0 Å². The molecule has 0 bridgehead atoms. The molecule has 0 saturated carbocycles. The van der Waals surface area contributed by atoms with Crippen molar-refractivity contribution in [2.75, 3.05) is 31.6 Å². The number of carbonyl (C=O) groups excluding carboxylic acids is 3. The van der Waals surface area contributed by atoms with Gasteiger partial charge in [-0.05, 0) is 23.6 Å². The lowest BCUT2D eigenvalue weighted by atomic mass is 9.73. The number of rotatable bonds is 4. The Morgan fingerprint density at radius 3 is 2.55 bits per heavy atom. The van der Waals surface area contributed by atoms with Gasteiger partial charge >= 0.3 is 0 Å². The molecule has 29 heavy (non-hydrogen) atoms. The fourth-order valence-corrected chi connectivity index (χ4v) is 4.45. The van der Waals surface area contributed by atoms with E-state index in [1.807, 2.05) is 54.6 Å². The number of fused-ring (bicyclic) bond motifs is 1. The van der Waals surface area contributed by atoms with Crippen LogP contribution in [0.25, 0.3) is 0 Å².